The van der Waals surface area contributed by atoms with Crippen LogP contribution in [0, 0.1) is 0 Å². The number of likely N-dealkylation sites (tertiary alicyclic amines) is 1. The first-order chi connectivity index (χ1) is 14.4. The highest BCUT2D eigenvalue weighted by molar-refractivity contribution is 9.10. The summed E-state index contributed by atoms with van der Waals surface area (Å²) in [7, 11) is 2.95. The Morgan fingerprint density at radius 3 is 2.57 bits per heavy atom. The summed E-state index contributed by atoms with van der Waals surface area (Å²) in [6.45, 7) is 0.652. The summed E-state index contributed by atoms with van der Waals surface area (Å²) in [5, 5.41) is 21.1. The van der Waals surface area contributed by atoms with Gasteiger partial charge in [0, 0.05) is 38.2 Å². The lowest BCUT2D eigenvalue weighted by Gasteiger charge is -2.26. The molecule has 0 bridgehead atoms. The summed E-state index contributed by atoms with van der Waals surface area (Å²) in [6, 6.07) is 5.38. The molecular weight excluding hydrogens is 456 g/mol. The highest BCUT2D eigenvalue weighted by Gasteiger charge is 2.46. The fourth-order valence-electron chi connectivity index (χ4n) is 3.41. The molecule has 2 heterocycles. The maximum atomic E-state index is 12.9. The van der Waals surface area contributed by atoms with Crippen molar-refractivity contribution in [1.82, 2.24) is 9.88 Å². The fraction of sp³-hybridized carbons (Fsp3) is 0.286. The van der Waals surface area contributed by atoms with Gasteiger partial charge in [0.1, 0.15) is 5.76 Å². The maximum absolute atomic E-state index is 12.9. The predicted octanol–water partition coefficient (Wildman–Crippen LogP) is 3.02. The topological polar surface area (TPSA) is 109 Å². The third kappa shape index (κ3) is 4.03. The van der Waals surface area contributed by atoms with Crippen molar-refractivity contribution in [2.24, 2.45) is 0 Å². The van der Waals surface area contributed by atoms with Gasteiger partial charge in [-0.2, -0.15) is 0 Å². The molecule has 158 valence electrons. The molecule has 0 radical (unpaired) electrons. The number of pyridine rings is 1. The zero-order valence-corrected chi connectivity index (χ0v) is 18.0. The number of hydrogen-bond acceptors (Lipinski definition) is 7. The number of aromatic hydroxyl groups is 1. The molecule has 30 heavy (non-hydrogen) atoms. The Kier molecular flexibility index (Phi) is 6.73. The number of nitrogens with zero attached hydrogens (tertiary/aromatic N) is 2. The minimum atomic E-state index is -0.860. The van der Waals surface area contributed by atoms with E-state index >= 15 is 0 Å². The van der Waals surface area contributed by atoms with E-state index in [4.69, 9.17) is 9.47 Å². The van der Waals surface area contributed by atoms with Crippen LogP contribution in [0.2, 0.25) is 0 Å². The number of aliphatic hydroxyl groups is 1. The van der Waals surface area contributed by atoms with Crippen LogP contribution < -0.4 is 4.74 Å². The molecule has 0 aliphatic carbocycles. The van der Waals surface area contributed by atoms with Crippen LogP contribution >= 0.6 is 15.9 Å². The molecular formula is C21H21BrN2O6. The molecule has 2 aromatic rings. The van der Waals surface area contributed by atoms with E-state index < -0.39 is 17.7 Å². The van der Waals surface area contributed by atoms with E-state index in [0.29, 0.717) is 28.6 Å². The lowest BCUT2D eigenvalue weighted by Crippen LogP contribution is -2.31. The Morgan fingerprint density at radius 1 is 1.23 bits per heavy atom. The zero-order chi connectivity index (χ0) is 21.8. The van der Waals surface area contributed by atoms with Crippen molar-refractivity contribution in [1.29, 1.82) is 0 Å². The van der Waals surface area contributed by atoms with E-state index in [9.17, 15) is 19.8 Å². The summed E-state index contributed by atoms with van der Waals surface area (Å²) < 4.78 is 10.6. The molecule has 2 N–H and O–H groups in total. The summed E-state index contributed by atoms with van der Waals surface area (Å²) >= 11 is 3.28. The van der Waals surface area contributed by atoms with Crippen LogP contribution in [0.1, 0.15) is 23.6 Å². The van der Waals surface area contributed by atoms with Crippen molar-refractivity contribution in [3.05, 3.63) is 57.8 Å². The number of ketones is 1. The third-order valence-electron chi connectivity index (χ3n) is 4.83. The predicted molar refractivity (Wildman–Crippen MR) is 112 cm³/mol. The number of rotatable bonds is 7. The second kappa shape index (κ2) is 9.27. The van der Waals surface area contributed by atoms with Gasteiger partial charge in [-0.3, -0.25) is 14.6 Å². The van der Waals surface area contributed by atoms with Gasteiger partial charge in [0.15, 0.2) is 11.5 Å². The molecule has 8 nitrogen and oxygen atoms in total. The maximum Gasteiger partial charge on any atom is 0.295 e. The number of carbonyl (C=O) groups excluding carboxylic acids is 2. The molecule has 1 aliphatic rings. The average Bonchev–Trinajstić information content (AvgIpc) is 3.01. The SMILES string of the molecule is COCCCN1C(=O)C(=O)/C(=C(/O)c2ccncc2)C1c1cc(Br)c(O)c(OC)c1. The van der Waals surface area contributed by atoms with Gasteiger partial charge >= 0.3 is 0 Å². The highest BCUT2D eigenvalue weighted by atomic mass is 79.9. The van der Waals surface area contributed by atoms with Crippen molar-refractivity contribution in [3.8, 4) is 11.5 Å². The first kappa shape index (κ1) is 21.8. The van der Waals surface area contributed by atoms with E-state index in [1.165, 1.54) is 24.4 Å². The van der Waals surface area contributed by atoms with E-state index in [1.807, 2.05) is 0 Å². The number of aliphatic hydroxyl groups excluding tert-OH is 1. The van der Waals surface area contributed by atoms with Gasteiger partial charge < -0.3 is 24.6 Å². The average molecular weight is 477 g/mol. The molecule has 1 aliphatic heterocycles. The fourth-order valence-corrected chi connectivity index (χ4v) is 3.87. The second-order valence-corrected chi connectivity index (χ2v) is 7.48. The Morgan fingerprint density at radius 2 is 1.93 bits per heavy atom. The Balaban J connectivity index is 2.19. The molecule has 1 fully saturated rings. The number of amides is 1. The number of aromatic nitrogens is 1. The number of benzene rings is 1. The first-order valence-electron chi connectivity index (χ1n) is 9.14. The Bertz CT molecular complexity index is 992. The number of hydrogen-bond donors (Lipinski definition) is 2. The van der Waals surface area contributed by atoms with Crippen molar-refractivity contribution in [2.45, 2.75) is 12.5 Å². The van der Waals surface area contributed by atoms with Crippen LogP contribution in [0.3, 0.4) is 0 Å². The van der Waals surface area contributed by atoms with Gasteiger partial charge in [-0.05, 0) is 52.2 Å². The van der Waals surface area contributed by atoms with Crippen LogP contribution in [-0.2, 0) is 14.3 Å². The number of ether oxygens (including phenoxy) is 2. The lowest BCUT2D eigenvalue weighted by atomic mass is 9.95. The Hall–Kier alpha value is -2.91. The molecule has 0 saturated carbocycles. The number of halogens is 1. The van der Waals surface area contributed by atoms with Crippen LogP contribution in [-0.4, -0.2) is 59.2 Å². The monoisotopic (exact) mass is 476 g/mol. The van der Waals surface area contributed by atoms with Crippen molar-refractivity contribution in [3.63, 3.8) is 0 Å². The van der Waals surface area contributed by atoms with Gasteiger partial charge in [-0.15, -0.1) is 0 Å². The van der Waals surface area contributed by atoms with Gasteiger partial charge in [0.25, 0.3) is 11.7 Å². The van der Waals surface area contributed by atoms with Crippen molar-refractivity contribution in [2.75, 3.05) is 27.4 Å². The quantitative estimate of drug-likeness (QED) is 0.273. The minimum Gasteiger partial charge on any atom is -0.507 e. The normalized spacial score (nSPS) is 18.1. The lowest BCUT2D eigenvalue weighted by molar-refractivity contribution is -0.140. The molecule has 1 aromatic heterocycles. The number of phenolic OH excluding ortho intramolecular Hbond substituents is 1. The summed E-state index contributed by atoms with van der Waals surface area (Å²) in [5.74, 6) is -1.72. The second-order valence-electron chi connectivity index (χ2n) is 6.63. The smallest absolute Gasteiger partial charge is 0.295 e. The summed E-state index contributed by atoms with van der Waals surface area (Å²) in [5.41, 5.74) is 0.835. The number of phenols is 1. The molecule has 9 heteroatoms. The number of methoxy groups -OCH3 is 2. The number of carbonyl (C=O) groups is 2. The molecule has 1 amide bonds. The highest BCUT2D eigenvalue weighted by Crippen LogP contribution is 2.44. The van der Waals surface area contributed by atoms with Gasteiger partial charge in [-0.1, -0.05) is 0 Å². The largest absolute Gasteiger partial charge is 0.507 e. The van der Waals surface area contributed by atoms with Gasteiger partial charge in [0.05, 0.1) is 23.2 Å². The van der Waals surface area contributed by atoms with E-state index in [2.05, 4.69) is 20.9 Å². The van der Waals surface area contributed by atoms with Crippen LogP contribution in [0.15, 0.2) is 46.7 Å². The molecule has 1 aromatic carbocycles. The standard InChI is InChI=1S/C21H21BrN2O6/c1-29-9-3-8-24-17(13-10-14(22)19(26)15(11-13)30-2)16(20(27)21(24)28)18(25)12-4-6-23-7-5-12/h4-7,10-11,17,25-26H,3,8-9H2,1-2H3/b18-16+. The van der Waals surface area contributed by atoms with Crippen molar-refractivity contribution >= 4 is 33.4 Å². The zero-order valence-electron chi connectivity index (χ0n) is 16.5. The number of Topliss-reactive ketones (excluding diaryl/α,β-unsaturated/α-hetero) is 1. The molecule has 1 saturated heterocycles. The van der Waals surface area contributed by atoms with Crippen LogP contribution in [0.5, 0.6) is 11.5 Å². The van der Waals surface area contributed by atoms with Crippen LogP contribution in [0.25, 0.3) is 5.76 Å². The van der Waals surface area contributed by atoms with Gasteiger partial charge in [0.2, 0.25) is 0 Å². The van der Waals surface area contributed by atoms with E-state index in [0.717, 1.165) is 0 Å². The molecule has 1 unspecified atom stereocenters. The van der Waals surface area contributed by atoms with E-state index in [-0.39, 0.29) is 29.4 Å². The van der Waals surface area contributed by atoms with Crippen molar-refractivity contribution < 1.29 is 29.3 Å². The summed E-state index contributed by atoms with van der Waals surface area (Å²) in [6.07, 6.45) is 3.48. The van der Waals surface area contributed by atoms with E-state index in [1.54, 1.807) is 31.4 Å². The molecule has 1 atom stereocenters. The third-order valence-corrected chi connectivity index (χ3v) is 5.43. The summed E-state index contributed by atoms with van der Waals surface area (Å²) in [4.78, 5) is 31.0. The van der Waals surface area contributed by atoms with Gasteiger partial charge in [-0.25, -0.2) is 0 Å². The molecule has 0 spiro atoms. The minimum absolute atomic E-state index is 0.0386. The Labute approximate surface area is 181 Å². The van der Waals surface area contributed by atoms with Crippen LogP contribution in [0.4, 0.5) is 0 Å². The first-order valence-corrected chi connectivity index (χ1v) is 9.94. The molecule has 3 rings (SSSR count).